The third kappa shape index (κ3) is 4.52. The second-order valence-electron chi connectivity index (χ2n) is 8.67. The van der Waals surface area contributed by atoms with E-state index in [4.69, 9.17) is 4.74 Å². The zero-order chi connectivity index (χ0) is 24.0. The van der Waals surface area contributed by atoms with E-state index < -0.39 is 30.3 Å². The van der Waals surface area contributed by atoms with Gasteiger partial charge in [-0.3, -0.25) is 14.5 Å². The van der Waals surface area contributed by atoms with Gasteiger partial charge in [-0.1, -0.05) is 18.7 Å². The lowest BCUT2D eigenvalue weighted by atomic mass is 9.92. The topological polar surface area (TPSA) is 80.5 Å². The third-order valence-corrected chi connectivity index (χ3v) is 6.14. The molecule has 0 saturated carbocycles. The first-order valence-corrected chi connectivity index (χ1v) is 10.6. The van der Waals surface area contributed by atoms with Crippen molar-refractivity contribution in [3.05, 3.63) is 55.2 Å². The minimum atomic E-state index is -4.51. The first-order chi connectivity index (χ1) is 15.5. The number of aliphatic hydroxyl groups is 1. The second kappa shape index (κ2) is 8.33. The fraction of sp³-hybridized carbons (Fsp3) is 0.435. The van der Waals surface area contributed by atoms with Crippen molar-refractivity contribution in [2.75, 3.05) is 13.1 Å². The van der Waals surface area contributed by atoms with Crippen LogP contribution in [0.3, 0.4) is 0 Å². The molecule has 2 aliphatic rings. The zero-order valence-electron chi connectivity index (χ0n) is 18.2. The van der Waals surface area contributed by atoms with Crippen molar-refractivity contribution in [2.45, 2.75) is 44.2 Å². The van der Waals surface area contributed by atoms with Crippen LogP contribution in [0.15, 0.2) is 43.8 Å². The second-order valence-corrected chi connectivity index (χ2v) is 8.67. The van der Waals surface area contributed by atoms with Gasteiger partial charge in [-0.2, -0.15) is 18.3 Å². The molecule has 2 aliphatic heterocycles. The van der Waals surface area contributed by atoms with Crippen LogP contribution in [0.4, 0.5) is 13.2 Å². The lowest BCUT2D eigenvalue weighted by Crippen LogP contribution is -2.45. The van der Waals surface area contributed by atoms with E-state index in [2.05, 4.69) is 23.2 Å². The Bertz CT molecular complexity index is 1130. The molecule has 2 unspecified atom stereocenters. The molecule has 33 heavy (non-hydrogen) atoms. The van der Waals surface area contributed by atoms with Crippen molar-refractivity contribution < 1.29 is 27.8 Å². The van der Waals surface area contributed by atoms with E-state index in [-0.39, 0.29) is 17.1 Å². The van der Waals surface area contributed by atoms with Crippen LogP contribution in [0.2, 0.25) is 0 Å². The van der Waals surface area contributed by atoms with Crippen molar-refractivity contribution in [3.63, 3.8) is 0 Å². The van der Waals surface area contributed by atoms with Crippen LogP contribution in [0.25, 0.3) is 16.5 Å². The molecule has 1 N–H and O–H groups in total. The van der Waals surface area contributed by atoms with Crippen molar-refractivity contribution in [1.82, 2.24) is 19.7 Å². The maximum atomic E-state index is 13.3. The average Bonchev–Trinajstić information content (AvgIpc) is 3.32. The monoisotopic (exact) mass is 462 g/mol. The summed E-state index contributed by atoms with van der Waals surface area (Å²) in [5, 5.41) is 14.7. The molecular weight excluding hydrogens is 437 g/mol. The van der Waals surface area contributed by atoms with Gasteiger partial charge in [0.25, 0.3) is 5.91 Å². The van der Waals surface area contributed by atoms with Crippen LogP contribution in [-0.4, -0.2) is 61.6 Å². The van der Waals surface area contributed by atoms with Crippen molar-refractivity contribution in [3.8, 4) is 0 Å². The summed E-state index contributed by atoms with van der Waals surface area (Å²) in [6.45, 7) is 8.59. The standard InChI is InChI=1S/C23H25F3N4O3/c1-4-14-16(12-33-19(14)5-2)20-15-11-27-17(10-18(15)30(28-20)13-23(24,25)26)21(31)29-8-6-22(3,32)7-9-29/h4-5,10-12,14,19,32H,1-2,6-9,13H2,3H3. The number of nitrogens with zero attached hydrogens (tertiary/aromatic N) is 4. The molecule has 0 radical (unpaired) electrons. The van der Waals surface area contributed by atoms with Crippen molar-refractivity contribution in [1.29, 1.82) is 0 Å². The third-order valence-electron chi connectivity index (χ3n) is 6.14. The number of aromatic nitrogens is 3. The van der Waals surface area contributed by atoms with Gasteiger partial charge in [-0.25, -0.2) is 0 Å². The number of hydrogen-bond donors (Lipinski definition) is 1. The molecule has 0 spiro atoms. The van der Waals surface area contributed by atoms with E-state index in [9.17, 15) is 23.1 Å². The van der Waals surface area contributed by atoms with Crippen LogP contribution < -0.4 is 0 Å². The molecule has 2 atom stereocenters. The number of amides is 1. The van der Waals surface area contributed by atoms with E-state index >= 15 is 0 Å². The van der Waals surface area contributed by atoms with E-state index in [1.807, 2.05) is 0 Å². The van der Waals surface area contributed by atoms with Gasteiger partial charge >= 0.3 is 6.18 Å². The number of carbonyl (C=O) groups is 1. The first kappa shape index (κ1) is 23.0. The Kier molecular flexibility index (Phi) is 5.81. The number of ether oxygens (including phenoxy) is 1. The Morgan fingerprint density at radius 2 is 2.03 bits per heavy atom. The fourth-order valence-corrected chi connectivity index (χ4v) is 4.21. The predicted octanol–water partition coefficient (Wildman–Crippen LogP) is 3.71. The molecule has 10 heteroatoms. The number of piperidine rings is 1. The smallest absolute Gasteiger partial charge is 0.408 e. The lowest BCUT2D eigenvalue weighted by Gasteiger charge is -2.35. The van der Waals surface area contributed by atoms with E-state index in [1.165, 1.54) is 18.5 Å². The highest BCUT2D eigenvalue weighted by Gasteiger charge is 2.35. The number of pyridine rings is 1. The zero-order valence-corrected chi connectivity index (χ0v) is 18.2. The Morgan fingerprint density at radius 3 is 2.64 bits per heavy atom. The van der Waals surface area contributed by atoms with Crippen LogP contribution in [0, 0.1) is 5.92 Å². The molecule has 1 fully saturated rings. The molecule has 2 aromatic rings. The Morgan fingerprint density at radius 1 is 1.33 bits per heavy atom. The Balaban J connectivity index is 1.74. The van der Waals surface area contributed by atoms with E-state index in [0.29, 0.717) is 42.6 Å². The minimum absolute atomic E-state index is 0.0276. The molecule has 0 aliphatic carbocycles. The van der Waals surface area contributed by atoms with Gasteiger partial charge in [0.1, 0.15) is 24.0 Å². The Labute approximate surface area is 188 Å². The predicted molar refractivity (Wildman–Crippen MR) is 116 cm³/mol. The summed E-state index contributed by atoms with van der Waals surface area (Å²) in [7, 11) is 0. The summed E-state index contributed by atoms with van der Waals surface area (Å²) < 4.78 is 46.3. The van der Waals surface area contributed by atoms with Crippen LogP contribution >= 0.6 is 0 Å². The molecule has 0 bridgehead atoms. The minimum Gasteiger partial charge on any atom is -0.493 e. The normalized spacial score (nSPS) is 22.7. The van der Waals surface area contributed by atoms with Crippen LogP contribution in [0.1, 0.15) is 35.9 Å². The van der Waals surface area contributed by atoms with Gasteiger partial charge in [-0.15, -0.1) is 6.58 Å². The number of likely N-dealkylation sites (tertiary alicyclic amines) is 1. The highest BCUT2D eigenvalue weighted by molar-refractivity contribution is 5.98. The number of hydrogen-bond acceptors (Lipinski definition) is 5. The number of rotatable bonds is 5. The number of halogens is 3. The van der Waals surface area contributed by atoms with Gasteiger partial charge in [0.05, 0.1) is 17.4 Å². The van der Waals surface area contributed by atoms with Gasteiger partial charge in [0, 0.05) is 36.2 Å². The molecule has 1 amide bonds. The molecule has 0 aromatic carbocycles. The summed E-state index contributed by atoms with van der Waals surface area (Å²) >= 11 is 0. The molecule has 1 saturated heterocycles. The quantitative estimate of drug-likeness (QED) is 0.686. The average molecular weight is 462 g/mol. The first-order valence-electron chi connectivity index (χ1n) is 10.6. The van der Waals surface area contributed by atoms with Crippen LogP contribution in [-0.2, 0) is 11.3 Å². The van der Waals surface area contributed by atoms with E-state index in [0.717, 1.165) is 4.68 Å². The van der Waals surface area contributed by atoms with Gasteiger partial charge in [-0.05, 0) is 25.8 Å². The van der Waals surface area contributed by atoms with Crippen LogP contribution in [0.5, 0.6) is 0 Å². The molecule has 4 rings (SSSR count). The summed E-state index contributed by atoms with van der Waals surface area (Å²) in [5.74, 6) is -0.727. The molecule has 2 aromatic heterocycles. The number of alkyl halides is 3. The fourth-order valence-electron chi connectivity index (χ4n) is 4.21. The summed E-state index contributed by atoms with van der Waals surface area (Å²) in [5.41, 5.74) is 0.204. The maximum absolute atomic E-state index is 13.3. The summed E-state index contributed by atoms with van der Waals surface area (Å²) in [6, 6.07) is 1.34. The van der Waals surface area contributed by atoms with E-state index in [1.54, 1.807) is 24.0 Å². The summed E-state index contributed by atoms with van der Waals surface area (Å²) in [4.78, 5) is 18.8. The number of carbonyl (C=O) groups excluding carboxylic acids is 1. The number of fused-ring (bicyclic) bond motifs is 1. The molecule has 176 valence electrons. The molecule has 4 heterocycles. The van der Waals surface area contributed by atoms with Crippen molar-refractivity contribution >= 4 is 22.4 Å². The highest BCUT2D eigenvalue weighted by atomic mass is 19.4. The van der Waals surface area contributed by atoms with Crippen molar-refractivity contribution in [2.24, 2.45) is 5.92 Å². The maximum Gasteiger partial charge on any atom is 0.408 e. The Hall–Kier alpha value is -3.14. The van der Waals surface area contributed by atoms with Gasteiger partial charge < -0.3 is 14.7 Å². The van der Waals surface area contributed by atoms with Gasteiger partial charge in [0.2, 0.25) is 0 Å². The highest BCUT2D eigenvalue weighted by Crippen LogP contribution is 2.38. The molecule has 7 nitrogen and oxygen atoms in total. The SMILES string of the molecule is C=CC1OC=C(c2nn(CC(F)(F)F)c3cc(C(=O)N4CCC(C)(O)CC4)ncc23)C1C=C. The largest absolute Gasteiger partial charge is 0.493 e. The summed E-state index contributed by atoms with van der Waals surface area (Å²) in [6.07, 6.45) is 1.98. The van der Waals surface area contributed by atoms with Gasteiger partial charge in [0.15, 0.2) is 0 Å². The lowest BCUT2D eigenvalue weighted by molar-refractivity contribution is -0.141. The molecular formula is C23H25F3N4O3.